The van der Waals surface area contributed by atoms with Gasteiger partial charge >= 0.3 is 0 Å². The van der Waals surface area contributed by atoms with Gasteiger partial charge in [-0.3, -0.25) is 4.79 Å². The summed E-state index contributed by atoms with van der Waals surface area (Å²) in [7, 11) is 0. The van der Waals surface area contributed by atoms with Crippen LogP contribution in [-0.4, -0.2) is 18.5 Å². The quantitative estimate of drug-likeness (QED) is 0.817. The first-order chi connectivity index (χ1) is 8.90. The maximum atomic E-state index is 11.4. The zero-order chi connectivity index (χ0) is 14.2. The molecule has 19 heavy (non-hydrogen) atoms. The molecule has 1 aliphatic rings. The van der Waals surface area contributed by atoms with Crippen LogP contribution in [0.25, 0.3) is 0 Å². The van der Waals surface area contributed by atoms with Crippen LogP contribution in [0, 0.1) is 5.92 Å². The van der Waals surface area contributed by atoms with Crippen molar-refractivity contribution in [2.75, 3.05) is 17.2 Å². The zero-order valence-electron chi connectivity index (χ0n) is 11.3. The third-order valence-corrected chi connectivity index (χ3v) is 3.88. The van der Waals surface area contributed by atoms with Gasteiger partial charge in [0, 0.05) is 22.7 Å². The van der Waals surface area contributed by atoms with Gasteiger partial charge in [0.25, 0.3) is 5.91 Å². The minimum atomic E-state index is -0.480. The summed E-state index contributed by atoms with van der Waals surface area (Å²) in [6, 6.07) is 4.15. The highest BCUT2D eigenvalue weighted by atomic mass is 79.9. The Hall–Kier alpha value is -1.23. The van der Waals surface area contributed by atoms with E-state index in [4.69, 9.17) is 11.5 Å². The van der Waals surface area contributed by atoms with Crippen molar-refractivity contribution < 1.29 is 4.79 Å². The van der Waals surface area contributed by atoms with Crippen molar-refractivity contribution in [2.24, 2.45) is 11.7 Å². The van der Waals surface area contributed by atoms with Crippen LogP contribution in [-0.2, 0) is 0 Å². The average molecular weight is 326 g/mol. The molecular formula is C14H20BrN3O. The van der Waals surface area contributed by atoms with E-state index in [1.807, 2.05) is 6.07 Å². The number of nitrogens with zero attached hydrogens (tertiary/aromatic N) is 1. The maximum Gasteiger partial charge on any atom is 0.250 e. The van der Waals surface area contributed by atoms with Gasteiger partial charge in [-0.25, -0.2) is 0 Å². The third-order valence-electron chi connectivity index (χ3n) is 3.24. The van der Waals surface area contributed by atoms with Crippen molar-refractivity contribution in [3.05, 3.63) is 22.2 Å². The maximum absolute atomic E-state index is 11.4. The normalized spacial score (nSPS) is 14.7. The molecule has 4 nitrogen and oxygen atoms in total. The topological polar surface area (TPSA) is 72.3 Å². The fourth-order valence-electron chi connectivity index (χ4n) is 2.23. The highest BCUT2D eigenvalue weighted by molar-refractivity contribution is 9.10. The van der Waals surface area contributed by atoms with Crippen LogP contribution in [0.15, 0.2) is 16.6 Å². The van der Waals surface area contributed by atoms with Gasteiger partial charge in [-0.1, -0.05) is 13.8 Å². The summed E-state index contributed by atoms with van der Waals surface area (Å²) >= 11 is 3.54. The smallest absolute Gasteiger partial charge is 0.250 e. The summed E-state index contributed by atoms with van der Waals surface area (Å²) in [4.78, 5) is 13.8. The van der Waals surface area contributed by atoms with Crippen molar-refractivity contribution in [3.63, 3.8) is 0 Å². The predicted molar refractivity (Wildman–Crippen MR) is 82.3 cm³/mol. The molecule has 4 N–H and O–H groups in total. The number of halogens is 1. The molecule has 0 radical (unpaired) electrons. The van der Waals surface area contributed by atoms with E-state index in [9.17, 15) is 4.79 Å². The third kappa shape index (κ3) is 3.21. The van der Waals surface area contributed by atoms with Crippen LogP contribution in [0.1, 0.15) is 37.0 Å². The van der Waals surface area contributed by atoms with Crippen molar-refractivity contribution in [1.29, 1.82) is 0 Å². The Balaban J connectivity index is 2.40. The molecule has 1 aromatic carbocycles. The molecular weight excluding hydrogens is 306 g/mol. The zero-order valence-corrected chi connectivity index (χ0v) is 12.9. The van der Waals surface area contributed by atoms with Gasteiger partial charge in [-0.15, -0.1) is 0 Å². The molecule has 5 heteroatoms. The van der Waals surface area contributed by atoms with Crippen LogP contribution < -0.4 is 16.4 Å². The van der Waals surface area contributed by atoms with E-state index in [1.54, 1.807) is 6.07 Å². The Kier molecular flexibility index (Phi) is 4.04. The summed E-state index contributed by atoms with van der Waals surface area (Å²) in [6.07, 6.45) is 2.41. The van der Waals surface area contributed by atoms with Crippen LogP contribution in [0.2, 0.25) is 0 Å². The molecule has 1 aliphatic carbocycles. The fourth-order valence-corrected chi connectivity index (χ4v) is 2.82. The number of amides is 1. The second kappa shape index (κ2) is 5.41. The molecule has 1 amide bonds. The van der Waals surface area contributed by atoms with Gasteiger partial charge in [0.1, 0.15) is 0 Å². The average Bonchev–Trinajstić information content (AvgIpc) is 3.09. The lowest BCUT2D eigenvalue weighted by molar-refractivity contribution is 0.100. The number of anilines is 2. The number of nitrogen functional groups attached to an aromatic ring is 1. The fraction of sp³-hybridized carbons (Fsp3) is 0.500. The molecule has 2 rings (SSSR count). The molecule has 0 aliphatic heterocycles. The van der Waals surface area contributed by atoms with Gasteiger partial charge in [0.2, 0.25) is 0 Å². The van der Waals surface area contributed by atoms with Gasteiger partial charge in [-0.2, -0.15) is 0 Å². The number of primary amides is 1. The minimum absolute atomic E-state index is 0.396. The Morgan fingerprint density at radius 1 is 1.47 bits per heavy atom. The van der Waals surface area contributed by atoms with E-state index in [0.717, 1.165) is 16.7 Å². The molecule has 1 saturated carbocycles. The number of hydrogen-bond acceptors (Lipinski definition) is 3. The number of hydrogen-bond donors (Lipinski definition) is 2. The van der Waals surface area contributed by atoms with Crippen LogP contribution in [0.3, 0.4) is 0 Å². The summed E-state index contributed by atoms with van der Waals surface area (Å²) in [5.74, 6) is 0.0774. The molecule has 104 valence electrons. The van der Waals surface area contributed by atoms with E-state index < -0.39 is 5.91 Å². The van der Waals surface area contributed by atoms with Crippen LogP contribution in [0.4, 0.5) is 11.4 Å². The first-order valence-electron chi connectivity index (χ1n) is 6.55. The molecule has 0 aromatic heterocycles. The van der Waals surface area contributed by atoms with Crippen molar-refractivity contribution >= 4 is 33.2 Å². The molecule has 1 fully saturated rings. The highest BCUT2D eigenvalue weighted by Crippen LogP contribution is 2.38. The van der Waals surface area contributed by atoms with E-state index in [0.29, 0.717) is 23.2 Å². The van der Waals surface area contributed by atoms with Gasteiger partial charge in [-0.05, 0) is 46.8 Å². The summed E-state index contributed by atoms with van der Waals surface area (Å²) in [6.45, 7) is 5.34. The molecule has 0 atom stereocenters. The molecule has 1 aromatic rings. The van der Waals surface area contributed by atoms with E-state index in [1.165, 1.54) is 12.8 Å². The van der Waals surface area contributed by atoms with Crippen LogP contribution in [0.5, 0.6) is 0 Å². The standard InChI is InChI=1S/C14H20BrN3O/c1-8(2)7-18(9-3-4-9)13-5-10(14(17)19)12(16)6-11(13)15/h5-6,8-9H,3-4,7,16H2,1-2H3,(H2,17,19). The van der Waals surface area contributed by atoms with Crippen molar-refractivity contribution in [1.82, 2.24) is 0 Å². The van der Waals surface area contributed by atoms with E-state index >= 15 is 0 Å². The molecule has 0 unspecified atom stereocenters. The number of carbonyl (C=O) groups excluding carboxylic acids is 1. The Bertz CT molecular complexity index is 498. The monoisotopic (exact) mass is 325 g/mol. The van der Waals surface area contributed by atoms with Gasteiger partial charge in [0.05, 0.1) is 11.3 Å². The lowest BCUT2D eigenvalue weighted by atomic mass is 10.1. The second-order valence-corrected chi connectivity index (χ2v) is 6.39. The van der Waals surface area contributed by atoms with Gasteiger partial charge < -0.3 is 16.4 Å². The first-order valence-corrected chi connectivity index (χ1v) is 7.35. The van der Waals surface area contributed by atoms with E-state index in [-0.39, 0.29) is 0 Å². The molecule has 0 bridgehead atoms. The first kappa shape index (κ1) is 14.2. The summed E-state index contributed by atoms with van der Waals surface area (Å²) in [5, 5.41) is 0. The van der Waals surface area contributed by atoms with E-state index in [2.05, 4.69) is 34.7 Å². The molecule has 0 spiro atoms. The number of benzene rings is 1. The molecule has 0 saturated heterocycles. The SMILES string of the molecule is CC(C)CN(c1cc(C(N)=O)c(N)cc1Br)C1CC1. The molecule has 0 heterocycles. The second-order valence-electron chi connectivity index (χ2n) is 5.53. The Labute approximate surface area is 122 Å². The summed E-state index contributed by atoms with van der Waals surface area (Å²) < 4.78 is 0.919. The minimum Gasteiger partial charge on any atom is -0.398 e. The largest absolute Gasteiger partial charge is 0.398 e. The number of nitrogens with two attached hydrogens (primary N) is 2. The number of carbonyl (C=O) groups is 1. The highest BCUT2D eigenvalue weighted by Gasteiger charge is 2.31. The van der Waals surface area contributed by atoms with Crippen molar-refractivity contribution in [2.45, 2.75) is 32.7 Å². The lowest BCUT2D eigenvalue weighted by Crippen LogP contribution is -2.30. The lowest BCUT2D eigenvalue weighted by Gasteiger charge is -2.28. The van der Waals surface area contributed by atoms with Crippen LogP contribution >= 0.6 is 15.9 Å². The predicted octanol–water partition coefficient (Wildman–Crippen LogP) is 2.76. The summed E-state index contributed by atoms with van der Waals surface area (Å²) in [5.41, 5.74) is 13.0. The Morgan fingerprint density at radius 3 is 2.58 bits per heavy atom. The Morgan fingerprint density at radius 2 is 2.11 bits per heavy atom. The van der Waals surface area contributed by atoms with Crippen molar-refractivity contribution in [3.8, 4) is 0 Å². The van der Waals surface area contributed by atoms with Gasteiger partial charge in [0.15, 0.2) is 0 Å². The number of rotatable bonds is 5.